The third-order valence-corrected chi connectivity index (χ3v) is 4.09. The second kappa shape index (κ2) is 3.34. The van der Waals surface area contributed by atoms with Gasteiger partial charge in [0.05, 0.1) is 20.3 Å². The van der Waals surface area contributed by atoms with Crippen LogP contribution < -0.4 is 0 Å². The van der Waals surface area contributed by atoms with Crippen molar-refractivity contribution in [2.75, 3.05) is 20.3 Å². The fourth-order valence-electron chi connectivity index (χ4n) is 3.60. The molecule has 1 saturated carbocycles. The second-order valence-corrected chi connectivity index (χ2v) is 4.93. The first-order valence-electron chi connectivity index (χ1n) is 5.67. The average Bonchev–Trinajstić information content (AvgIpc) is 2.27. The predicted molar refractivity (Wildman–Crippen MR) is 54.1 cm³/mol. The number of esters is 1. The Morgan fingerprint density at radius 1 is 1.40 bits per heavy atom. The number of carbonyl (C=O) groups excluding carboxylic acids is 1. The molecule has 4 bridgehead atoms. The van der Waals surface area contributed by atoms with Gasteiger partial charge in [0.25, 0.3) is 0 Å². The van der Waals surface area contributed by atoms with Crippen LogP contribution >= 0.6 is 0 Å². The third-order valence-electron chi connectivity index (χ3n) is 4.09. The molecular weight excluding hydrogens is 192 g/mol. The summed E-state index contributed by atoms with van der Waals surface area (Å²) in [5.41, 5.74) is 0.929. The van der Waals surface area contributed by atoms with E-state index in [1.165, 1.54) is 20.0 Å². The van der Waals surface area contributed by atoms with Crippen molar-refractivity contribution < 1.29 is 14.3 Å². The quantitative estimate of drug-likeness (QED) is 0.611. The summed E-state index contributed by atoms with van der Waals surface area (Å²) in [6, 6.07) is 0. The number of carbonyl (C=O) groups is 1. The van der Waals surface area contributed by atoms with E-state index in [9.17, 15) is 4.79 Å². The lowest BCUT2D eigenvalue weighted by Gasteiger charge is -2.49. The van der Waals surface area contributed by atoms with Crippen LogP contribution in [-0.2, 0) is 14.3 Å². The van der Waals surface area contributed by atoms with Gasteiger partial charge in [-0.25, -0.2) is 4.79 Å². The lowest BCUT2D eigenvalue weighted by molar-refractivity contribution is -0.140. The molecule has 0 aromatic heterocycles. The van der Waals surface area contributed by atoms with E-state index in [2.05, 4.69) is 6.08 Å². The first kappa shape index (κ1) is 9.40. The molecule has 0 amide bonds. The second-order valence-electron chi connectivity index (χ2n) is 4.93. The molecule has 0 aromatic carbocycles. The topological polar surface area (TPSA) is 35.5 Å². The molecule has 4 rings (SSSR count). The summed E-state index contributed by atoms with van der Waals surface area (Å²) in [5.74, 6) is 1.99. The van der Waals surface area contributed by atoms with Gasteiger partial charge in [-0.1, -0.05) is 6.08 Å². The predicted octanol–water partition coefficient (Wildman–Crippen LogP) is 1.39. The van der Waals surface area contributed by atoms with Crippen LogP contribution in [0.3, 0.4) is 0 Å². The van der Waals surface area contributed by atoms with Crippen LogP contribution in [0.1, 0.15) is 12.8 Å². The van der Waals surface area contributed by atoms with Gasteiger partial charge in [-0.15, -0.1) is 0 Å². The van der Waals surface area contributed by atoms with E-state index in [0.29, 0.717) is 23.7 Å². The van der Waals surface area contributed by atoms with Crippen molar-refractivity contribution in [3.63, 3.8) is 0 Å². The van der Waals surface area contributed by atoms with Gasteiger partial charge < -0.3 is 9.47 Å². The van der Waals surface area contributed by atoms with Gasteiger partial charge in [-0.3, -0.25) is 0 Å². The highest BCUT2D eigenvalue weighted by Gasteiger charge is 2.47. The van der Waals surface area contributed by atoms with Crippen LogP contribution in [-0.4, -0.2) is 26.3 Å². The van der Waals surface area contributed by atoms with E-state index in [1.807, 2.05) is 0 Å². The van der Waals surface area contributed by atoms with Gasteiger partial charge in [0, 0.05) is 11.5 Å². The van der Waals surface area contributed by atoms with Crippen LogP contribution in [0.15, 0.2) is 11.6 Å². The Kier molecular flexibility index (Phi) is 2.09. The fourth-order valence-corrected chi connectivity index (χ4v) is 3.60. The number of hydrogen-bond acceptors (Lipinski definition) is 3. The lowest BCUT2D eigenvalue weighted by atomic mass is 9.59. The highest BCUT2D eigenvalue weighted by atomic mass is 16.5. The van der Waals surface area contributed by atoms with Gasteiger partial charge >= 0.3 is 5.97 Å². The molecule has 4 aliphatic rings. The Labute approximate surface area is 89.4 Å². The molecule has 1 saturated heterocycles. The number of hydrogen-bond donors (Lipinski definition) is 0. The maximum atomic E-state index is 11.7. The van der Waals surface area contributed by atoms with Crippen LogP contribution in [0.5, 0.6) is 0 Å². The molecule has 3 heteroatoms. The van der Waals surface area contributed by atoms with Crippen molar-refractivity contribution in [1.29, 1.82) is 0 Å². The molecule has 2 unspecified atom stereocenters. The molecule has 1 aliphatic heterocycles. The maximum absolute atomic E-state index is 11.7. The van der Waals surface area contributed by atoms with Crippen LogP contribution in [0, 0.1) is 23.7 Å². The Bertz CT molecular complexity index is 307. The van der Waals surface area contributed by atoms with Crippen LogP contribution in [0.25, 0.3) is 0 Å². The van der Waals surface area contributed by atoms with E-state index in [-0.39, 0.29) is 5.97 Å². The van der Waals surface area contributed by atoms with Crippen LogP contribution in [0.2, 0.25) is 0 Å². The maximum Gasteiger partial charge on any atom is 0.333 e. The first-order chi connectivity index (χ1) is 7.29. The third kappa shape index (κ3) is 1.33. The Morgan fingerprint density at radius 3 is 2.67 bits per heavy atom. The summed E-state index contributed by atoms with van der Waals surface area (Å²) in [7, 11) is 1.47. The van der Waals surface area contributed by atoms with Crippen LogP contribution in [0.4, 0.5) is 0 Å². The zero-order valence-corrected chi connectivity index (χ0v) is 8.94. The fraction of sp³-hybridized carbons (Fsp3) is 0.750. The Hall–Kier alpha value is -0.830. The van der Waals surface area contributed by atoms with Crippen molar-refractivity contribution in [2.24, 2.45) is 23.7 Å². The van der Waals surface area contributed by atoms with Gasteiger partial charge in [-0.05, 0) is 30.6 Å². The molecule has 0 aromatic rings. The summed E-state index contributed by atoms with van der Waals surface area (Å²) in [5, 5.41) is 0. The normalized spacial score (nSPS) is 42.3. The van der Waals surface area contributed by atoms with Crippen molar-refractivity contribution in [3.8, 4) is 0 Å². The first-order valence-corrected chi connectivity index (χ1v) is 5.67. The molecule has 3 nitrogen and oxygen atoms in total. The van der Waals surface area contributed by atoms with Crippen molar-refractivity contribution in [3.05, 3.63) is 11.6 Å². The van der Waals surface area contributed by atoms with Gasteiger partial charge in [0.2, 0.25) is 0 Å². The molecule has 0 spiro atoms. The van der Waals surface area contributed by atoms with E-state index in [0.717, 1.165) is 18.8 Å². The van der Waals surface area contributed by atoms with Crippen molar-refractivity contribution in [1.82, 2.24) is 0 Å². The summed E-state index contributed by atoms with van der Waals surface area (Å²) in [6.07, 6.45) is 4.54. The molecule has 15 heavy (non-hydrogen) atoms. The molecule has 2 fully saturated rings. The number of rotatable bonds is 1. The largest absolute Gasteiger partial charge is 0.466 e. The van der Waals surface area contributed by atoms with Gasteiger partial charge in [-0.2, -0.15) is 0 Å². The SMILES string of the molecule is COC(=O)C1=CC2CC3COCC(C2)C13. The minimum atomic E-state index is -0.124. The Morgan fingerprint density at radius 2 is 2.07 bits per heavy atom. The van der Waals surface area contributed by atoms with E-state index in [1.54, 1.807) is 0 Å². The zero-order chi connectivity index (χ0) is 10.4. The number of ether oxygens (including phenoxy) is 2. The average molecular weight is 208 g/mol. The summed E-state index contributed by atoms with van der Waals surface area (Å²) >= 11 is 0. The van der Waals surface area contributed by atoms with Gasteiger partial charge in [0.1, 0.15) is 0 Å². The molecular formula is C12H16O3. The zero-order valence-electron chi connectivity index (χ0n) is 8.94. The minimum absolute atomic E-state index is 0.124. The number of methoxy groups -OCH3 is 1. The van der Waals surface area contributed by atoms with E-state index < -0.39 is 0 Å². The molecule has 2 atom stereocenters. The van der Waals surface area contributed by atoms with Crippen molar-refractivity contribution >= 4 is 5.97 Å². The summed E-state index contributed by atoms with van der Waals surface area (Å²) in [4.78, 5) is 11.7. The molecule has 0 N–H and O–H groups in total. The lowest BCUT2D eigenvalue weighted by Crippen LogP contribution is -2.47. The minimum Gasteiger partial charge on any atom is -0.466 e. The van der Waals surface area contributed by atoms with E-state index in [4.69, 9.17) is 9.47 Å². The molecule has 3 aliphatic carbocycles. The van der Waals surface area contributed by atoms with Crippen molar-refractivity contribution in [2.45, 2.75) is 12.8 Å². The summed E-state index contributed by atoms with van der Waals surface area (Å²) < 4.78 is 10.4. The smallest absolute Gasteiger partial charge is 0.333 e. The highest BCUT2D eigenvalue weighted by Crippen LogP contribution is 2.50. The molecule has 1 heterocycles. The van der Waals surface area contributed by atoms with Gasteiger partial charge in [0.15, 0.2) is 0 Å². The summed E-state index contributed by atoms with van der Waals surface area (Å²) in [6.45, 7) is 1.65. The van der Waals surface area contributed by atoms with E-state index >= 15 is 0 Å². The monoisotopic (exact) mass is 208 g/mol. The Balaban J connectivity index is 1.94. The standard InChI is InChI=1S/C12H16O3/c1-14-12(13)10-4-7-2-8-5-15-6-9(3-7)11(8)10/h4,7-9,11H,2-3,5-6H2,1H3. The molecule has 0 radical (unpaired) electrons. The highest BCUT2D eigenvalue weighted by molar-refractivity contribution is 5.89. The molecule has 82 valence electrons. The number of allylic oxidation sites excluding steroid dienone is 1.